The minimum atomic E-state index is -0.438. The number of hydrogen-bond donors (Lipinski definition) is 2. The molecule has 2 aromatic heterocycles. The maximum Gasteiger partial charge on any atom is 0.356 e. The maximum atomic E-state index is 11.3. The van der Waals surface area contributed by atoms with Crippen molar-refractivity contribution in [1.29, 1.82) is 0 Å². The van der Waals surface area contributed by atoms with Gasteiger partial charge in [-0.15, -0.1) is 0 Å². The molecule has 2 rings (SSSR count). The lowest BCUT2D eigenvalue weighted by Crippen LogP contribution is -2.08. The molecular formula is C12H14N4O2. The summed E-state index contributed by atoms with van der Waals surface area (Å²) in [5, 5.41) is 3.21. The van der Waals surface area contributed by atoms with Crippen LogP contribution in [0, 0.1) is 0 Å². The fraction of sp³-hybridized carbons (Fsp3) is 0.250. The average Bonchev–Trinajstić information content (AvgIpc) is 2.91. The molecule has 6 nitrogen and oxygen atoms in total. The van der Waals surface area contributed by atoms with Gasteiger partial charge in [-0.1, -0.05) is 0 Å². The zero-order valence-electron chi connectivity index (χ0n) is 10.0. The van der Waals surface area contributed by atoms with Crippen LogP contribution in [0.2, 0.25) is 0 Å². The summed E-state index contributed by atoms with van der Waals surface area (Å²) >= 11 is 0. The van der Waals surface area contributed by atoms with Crippen LogP contribution in [0.25, 0.3) is 0 Å². The highest BCUT2D eigenvalue weighted by atomic mass is 16.5. The van der Waals surface area contributed by atoms with Gasteiger partial charge in [0.2, 0.25) is 0 Å². The molecular weight excluding hydrogens is 232 g/mol. The van der Waals surface area contributed by atoms with Crippen LogP contribution in [0.4, 0.5) is 5.69 Å². The van der Waals surface area contributed by atoms with Crippen LogP contribution in [0.5, 0.6) is 0 Å². The molecule has 6 heteroatoms. The number of carbonyl (C=O) groups is 1. The average molecular weight is 246 g/mol. The highest BCUT2D eigenvalue weighted by molar-refractivity contribution is 5.88. The lowest BCUT2D eigenvalue weighted by Gasteiger charge is -2.06. The third-order valence-corrected chi connectivity index (χ3v) is 2.43. The van der Waals surface area contributed by atoms with Crippen LogP contribution in [0.1, 0.15) is 16.2 Å². The van der Waals surface area contributed by atoms with E-state index >= 15 is 0 Å². The number of ether oxygens (including phenoxy) is 1. The first-order valence-corrected chi connectivity index (χ1v) is 5.55. The number of carbonyl (C=O) groups excluding carboxylic acids is 1. The van der Waals surface area contributed by atoms with E-state index in [-0.39, 0.29) is 0 Å². The molecule has 0 atom stereocenters. The number of hydrogen-bond acceptors (Lipinski definition) is 5. The van der Waals surface area contributed by atoms with Gasteiger partial charge in [0.15, 0.2) is 0 Å². The standard InChI is InChI=1S/C12H14N4O2/c1-18-12(17)11-6-9(2-5-15-11)14-4-3-10-7-13-8-16-10/h2,5-8H,3-4H2,1H3,(H,13,16)(H,14,15). The van der Waals surface area contributed by atoms with E-state index in [4.69, 9.17) is 0 Å². The highest BCUT2D eigenvalue weighted by Crippen LogP contribution is 2.08. The molecule has 0 unspecified atom stereocenters. The Morgan fingerprint density at radius 3 is 3.17 bits per heavy atom. The predicted molar refractivity (Wildman–Crippen MR) is 66.4 cm³/mol. The lowest BCUT2D eigenvalue weighted by atomic mass is 10.3. The largest absolute Gasteiger partial charge is 0.464 e. The third-order valence-electron chi connectivity index (χ3n) is 2.43. The van der Waals surface area contributed by atoms with Gasteiger partial charge in [0, 0.05) is 36.7 Å². The molecule has 0 saturated carbocycles. The normalized spacial score (nSPS) is 10.1. The van der Waals surface area contributed by atoms with Crippen molar-refractivity contribution in [2.45, 2.75) is 6.42 Å². The zero-order chi connectivity index (χ0) is 12.8. The Hall–Kier alpha value is -2.37. The first kappa shape index (κ1) is 12.1. The zero-order valence-corrected chi connectivity index (χ0v) is 10.0. The molecule has 0 fully saturated rings. The van der Waals surface area contributed by atoms with Gasteiger partial charge in [0.05, 0.1) is 13.4 Å². The fourth-order valence-corrected chi connectivity index (χ4v) is 1.52. The van der Waals surface area contributed by atoms with E-state index in [0.29, 0.717) is 5.69 Å². The summed E-state index contributed by atoms with van der Waals surface area (Å²) in [5.41, 5.74) is 2.19. The van der Waals surface area contributed by atoms with Gasteiger partial charge in [-0.2, -0.15) is 0 Å². The van der Waals surface area contributed by atoms with Gasteiger partial charge in [-0.3, -0.25) is 0 Å². The SMILES string of the molecule is COC(=O)c1cc(NCCc2cnc[nH]2)ccn1. The van der Waals surface area contributed by atoms with E-state index in [2.05, 4.69) is 25.0 Å². The molecule has 2 N–H and O–H groups in total. The number of nitrogens with one attached hydrogen (secondary N) is 2. The minimum absolute atomic E-state index is 0.295. The van der Waals surface area contributed by atoms with Crippen molar-refractivity contribution >= 4 is 11.7 Å². The van der Waals surface area contributed by atoms with Crippen LogP contribution < -0.4 is 5.32 Å². The van der Waals surface area contributed by atoms with Gasteiger partial charge in [0.1, 0.15) is 5.69 Å². The van der Waals surface area contributed by atoms with Crippen molar-refractivity contribution in [1.82, 2.24) is 15.0 Å². The van der Waals surface area contributed by atoms with E-state index in [9.17, 15) is 4.79 Å². The van der Waals surface area contributed by atoms with E-state index in [1.165, 1.54) is 7.11 Å². The van der Waals surface area contributed by atoms with Crippen LogP contribution in [0.15, 0.2) is 30.9 Å². The molecule has 18 heavy (non-hydrogen) atoms. The number of methoxy groups -OCH3 is 1. The van der Waals surface area contributed by atoms with Crippen molar-refractivity contribution < 1.29 is 9.53 Å². The quantitative estimate of drug-likeness (QED) is 0.776. The summed E-state index contributed by atoms with van der Waals surface area (Å²) in [6, 6.07) is 3.47. The Labute approximate surface area is 104 Å². The number of pyridine rings is 1. The number of rotatable bonds is 5. The molecule has 0 bridgehead atoms. The number of aromatic amines is 1. The second kappa shape index (κ2) is 5.81. The molecule has 94 valence electrons. The number of anilines is 1. The van der Waals surface area contributed by atoms with Crippen LogP contribution >= 0.6 is 0 Å². The minimum Gasteiger partial charge on any atom is -0.464 e. The molecule has 0 aliphatic rings. The topological polar surface area (TPSA) is 79.9 Å². The van der Waals surface area contributed by atoms with Gasteiger partial charge < -0.3 is 15.0 Å². The number of imidazole rings is 1. The van der Waals surface area contributed by atoms with E-state index < -0.39 is 5.97 Å². The number of esters is 1. The highest BCUT2D eigenvalue weighted by Gasteiger charge is 2.06. The predicted octanol–water partition coefficient (Wildman–Crippen LogP) is 1.25. The molecule has 0 amide bonds. The van der Waals surface area contributed by atoms with Crippen molar-refractivity contribution in [3.05, 3.63) is 42.2 Å². The molecule has 2 heterocycles. The Morgan fingerprint density at radius 1 is 1.56 bits per heavy atom. The summed E-state index contributed by atoms with van der Waals surface area (Å²) in [7, 11) is 1.34. The van der Waals surface area contributed by atoms with Gasteiger partial charge in [-0.25, -0.2) is 14.8 Å². The maximum absolute atomic E-state index is 11.3. The Balaban J connectivity index is 1.91. The molecule has 2 aromatic rings. The van der Waals surface area contributed by atoms with Gasteiger partial charge >= 0.3 is 5.97 Å². The Morgan fingerprint density at radius 2 is 2.44 bits per heavy atom. The van der Waals surface area contributed by atoms with Gasteiger partial charge in [0.25, 0.3) is 0 Å². The number of aromatic nitrogens is 3. The van der Waals surface area contributed by atoms with Crippen molar-refractivity contribution in [3.8, 4) is 0 Å². The van der Waals surface area contributed by atoms with Gasteiger partial charge in [-0.05, 0) is 12.1 Å². The second-order valence-electron chi connectivity index (χ2n) is 3.67. The van der Waals surface area contributed by atoms with Crippen molar-refractivity contribution in [2.24, 2.45) is 0 Å². The first-order chi connectivity index (χ1) is 8.79. The first-order valence-electron chi connectivity index (χ1n) is 5.55. The molecule has 0 radical (unpaired) electrons. The van der Waals surface area contributed by atoms with Crippen molar-refractivity contribution in [2.75, 3.05) is 19.0 Å². The summed E-state index contributed by atoms with van der Waals surface area (Å²) in [6.45, 7) is 0.743. The van der Waals surface area contributed by atoms with E-state index in [1.54, 1.807) is 30.9 Å². The monoisotopic (exact) mass is 246 g/mol. The van der Waals surface area contributed by atoms with Crippen LogP contribution in [-0.2, 0) is 11.2 Å². The van der Waals surface area contributed by atoms with E-state index in [1.807, 2.05) is 0 Å². The molecule has 0 aromatic carbocycles. The van der Waals surface area contributed by atoms with Crippen LogP contribution in [-0.4, -0.2) is 34.6 Å². The molecule has 0 saturated heterocycles. The smallest absolute Gasteiger partial charge is 0.356 e. The lowest BCUT2D eigenvalue weighted by molar-refractivity contribution is 0.0594. The number of H-pyrrole nitrogens is 1. The molecule has 0 aliphatic heterocycles. The Kier molecular flexibility index (Phi) is 3.90. The third kappa shape index (κ3) is 3.07. The molecule has 0 aliphatic carbocycles. The van der Waals surface area contributed by atoms with E-state index in [0.717, 1.165) is 24.3 Å². The molecule has 0 spiro atoms. The van der Waals surface area contributed by atoms with Crippen LogP contribution in [0.3, 0.4) is 0 Å². The number of nitrogens with zero attached hydrogens (tertiary/aromatic N) is 2. The summed E-state index contributed by atoms with van der Waals surface area (Å²) in [5.74, 6) is -0.438. The summed E-state index contributed by atoms with van der Waals surface area (Å²) < 4.78 is 4.61. The fourth-order valence-electron chi connectivity index (χ4n) is 1.52. The second-order valence-corrected chi connectivity index (χ2v) is 3.67. The van der Waals surface area contributed by atoms with Crippen molar-refractivity contribution in [3.63, 3.8) is 0 Å². The Bertz CT molecular complexity index is 511. The summed E-state index contributed by atoms with van der Waals surface area (Å²) in [6.07, 6.45) is 5.84. The summed E-state index contributed by atoms with van der Waals surface area (Å²) in [4.78, 5) is 22.2.